The van der Waals surface area contributed by atoms with Gasteiger partial charge in [-0.1, -0.05) is 26.0 Å². The van der Waals surface area contributed by atoms with Crippen molar-refractivity contribution in [3.05, 3.63) is 41.4 Å². The van der Waals surface area contributed by atoms with Gasteiger partial charge in [-0.05, 0) is 43.4 Å². The summed E-state index contributed by atoms with van der Waals surface area (Å²) in [6, 6.07) is 5.54. The zero-order chi connectivity index (χ0) is 26.5. The molecule has 196 valence electrons. The molecule has 1 aromatic heterocycles. The van der Waals surface area contributed by atoms with Crippen molar-refractivity contribution in [3.8, 4) is 5.75 Å². The van der Waals surface area contributed by atoms with E-state index in [-0.39, 0.29) is 29.9 Å². The molecule has 1 saturated heterocycles. The summed E-state index contributed by atoms with van der Waals surface area (Å²) in [6.07, 6.45) is 3.67. The number of rotatable bonds is 11. The van der Waals surface area contributed by atoms with Crippen molar-refractivity contribution in [1.29, 1.82) is 0 Å². The molecule has 11 heteroatoms. The van der Waals surface area contributed by atoms with Crippen LogP contribution in [-0.4, -0.2) is 63.1 Å². The van der Waals surface area contributed by atoms with Crippen LogP contribution < -0.4 is 20.7 Å². The highest BCUT2D eigenvalue weighted by molar-refractivity contribution is 7.93. The third-order valence-corrected chi connectivity index (χ3v) is 6.66. The van der Waals surface area contributed by atoms with Crippen LogP contribution in [0.5, 0.6) is 5.75 Å². The first-order valence-electron chi connectivity index (χ1n) is 11.9. The number of fused-ring (bicyclic) bond motifs is 1. The minimum absolute atomic E-state index is 0.0921. The highest BCUT2D eigenvalue weighted by Gasteiger charge is 2.30. The van der Waals surface area contributed by atoms with Gasteiger partial charge in [-0.3, -0.25) is 14.4 Å². The maximum Gasteiger partial charge on any atom is 0.268 e. The van der Waals surface area contributed by atoms with Gasteiger partial charge in [-0.15, -0.1) is 0 Å². The first-order valence-corrected chi connectivity index (χ1v) is 13.8. The molecule has 1 aliphatic rings. The number of hydrogen-bond acceptors (Lipinski definition) is 6. The number of methoxy groups -OCH3 is 1. The van der Waals surface area contributed by atoms with Gasteiger partial charge in [0.05, 0.1) is 7.11 Å². The molecule has 3 atom stereocenters. The molecule has 0 saturated carbocycles. The van der Waals surface area contributed by atoms with E-state index in [1.54, 1.807) is 19.2 Å². The average molecular weight is 519 g/mol. The number of aromatic nitrogens is 1. The maximum atomic E-state index is 13.3. The van der Waals surface area contributed by atoms with E-state index in [1.165, 1.54) is 6.08 Å². The van der Waals surface area contributed by atoms with Crippen LogP contribution in [0, 0.1) is 11.8 Å². The Morgan fingerprint density at radius 3 is 2.61 bits per heavy atom. The molecule has 36 heavy (non-hydrogen) atoms. The highest BCUT2D eigenvalue weighted by Crippen LogP contribution is 2.26. The van der Waals surface area contributed by atoms with Gasteiger partial charge in [0.1, 0.15) is 17.5 Å². The number of carbonyl (C=O) groups is 3. The van der Waals surface area contributed by atoms with Crippen molar-refractivity contribution in [1.82, 2.24) is 20.9 Å². The van der Waals surface area contributed by atoms with E-state index in [2.05, 4.69) is 20.9 Å². The number of ether oxygens (including phenoxy) is 1. The quantitative estimate of drug-likeness (QED) is 0.357. The number of benzene rings is 1. The first kappa shape index (κ1) is 27.3. The lowest BCUT2D eigenvalue weighted by atomic mass is 9.97. The highest BCUT2D eigenvalue weighted by atomic mass is 32.2. The molecule has 4 N–H and O–H groups in total. The third kappa shape index (κ3) is 7.33. The molecule has 1 aliphatic heterocycles. The van der Waals surface area contributed by atoms with Gasteiger partial charge < -0.3 is 25.7 Å². The van der Waals surface area contributed by atoms with Gasteiger partial charge in [0.25, 0.3) is 5.91 Å². The van der Waals surface area contributed by atoms with Gasteiger partial charge in [-0.25, -0.2) is 8.42 Å². The van der Waals surface area contributed by atoms with Gasteiger partial charge in [0.2, 0.25) is 11.8 Å². The molecule has 3 amide bonds. The maximum absolute atomic E-state index is 13.3. The molecular weight excluding hydrogens is 484 g/mol. The SMILES string of the molecule is COc1cccc2[nH]c(C(=O)N[C@@H](CC(C)C)C(=O)N[C@H](/C=C/S(C)(=O)=O)CC3CCNC3=O)cc12. The van der Waals surface area contributed by atoms with Gasteiger partial charge in [0.15, 0.2) is 9.84 Å². The fourth-order valence-corrected chi connectivity index (χ4v) is 4.72. The number of H-pyrrole nitrogens is 1. The summed E-state index contributed by atoms with van der Waals surface area (Å²) in [5.74, 6) is -0.646. The van der Waals surface area contributed by atoms with E-state index in [1.807, 2.05) is 26.0 Å². The Labute approximate surface area is 211 Å². The summed E-state index contributed by atoms with van der Waals surface area (Å²) in [4.78, 5) is 41.4. The Balaban J connectivity index is 1.78. The van der Waals surface area contributed by atoms with Crippen molar-refractivity contribution in [3.63, 3.8) is 0 Å². The van der Waals surface area contributed by atoms with E-state index >= 15 is 0 Å². The monoisotopic (exact) mass is 518 g/mol. The second-order valence-electron chi connectivity index (χ2n) is 9.55. The predicted octanol–water partition coefficient (Wildman–Crippen LogP) is 1.89. The molecular formula is C25H34N4O6S. The fourth-order valence-electron chi connectivity index (χ4n) is 4.25. The number of hydrogen-bond donors (Lipinski definition) is 4. The summed E-state index contributed by atoms with van der Waals surface area (Å²) in [7, 11) is -1.88. The molecule has 0 spiro atoms. The number of sulfone groups is 1. The lowest BCUT2D eigenvalue weighted by Gasteiger charge is -2.24. The predicted molar refractivity (Wildman–Crippen MR) is 137 cm³/mol. The van der Waals surface area contributed by atoms with Crippen LogP contribution >= 0.6 is 0 Å². The van der Waals surface area contributed by atoms with Crippen LogP contribution in [0.3, 0.4) is 0 Å². The Bertz CT molecular complexity index is 1250. The Hall–Kier alpha value is -3.34. The number of aromatic amines is 1. The van der Waals surface area contributed by atoms with Gasteiger partial charge >= 0.3 is 0 Å². The van der Waals surface area contributed by atoms with Crippen molar-refractivity contribution >= 4 is 38.5 Å². The molecule has 0 bridgehead atoms. The summed E-state index contributed by atoms with van der Waals surface area (Å²) in [5, 5.41) is 10.1. The smallest absolute Gasteiger partial charge is 0.268 e. The average Bonchev–Trinajstić information content (AvgIpc) is 3.42. The summed E-state index contributed by atoms with van der Waals surface area (Å²) in [5.41, 5.74) is 1.01. The summed E-state index contributed by atoms with van der Waals surface area (Å²) >= 11 is 0. The Kier molecular flexibility index (Phi) is 8.78. The molecule has 0 aliphatic carbocycles. The third-order valence-electron chi connectivity index (χ3n) is 6.00. The Morgan fingerprint density at radius 1 is 1.25 bits per heavy atom. The van der Waals surface area contributed by atoms with E-state index < -0.39 is 33.7 Å². The Morgan fingerprint density at radius 2 is 2.00 bits per heavy atom. The normalized spacial score (nSPS) is 17.8. The van der Waals surface area contributed by atoms with E-state index in [0.29, 0.717) is 25.1 Å². The molecule has 2 aromatic rings. The van der Waals surface area contributed by atoms with Crippen LogP contribution in [0.1, 0.15) is 43.6 Å². The zero-order valence-corrected chi connectivity index (χ0v) is 21.8. The minimum atomic E-state index is -3.43. The number of amides is 3. The minimum Gasteiger partial charge on any atom is -0.496 e. The number of nitrogens with one attached hydrogen (secondary N) is 4. The molecule has 3 rings (SSSR count). The van der Waals surface area contributed by atoms with Crippen molar-refractivity contribution < 1.29 is 27.5 Å². The van der Waals surface area contributed by atoms with Gasteiger partial charge in [-0.2, -0.15) is 0 Å². The molecule has 10 nitrogen and oxygen atoms in total. The van der Waals surface area contributed by atoms with Crippen molar-refractivity contribution in [2.45, 2.75) is 45.2 Å². The second kappa shape index (κ2) is 11.6. The topological polar surface area (TPSA) is 146 Å². The van der Waals surface area contributed by atoms with Gasteiger partial charge in [0, 0.05) is 41.1 Å². The first-order chi connectivity index (χ1) is 17.0. The standard InChI is InChI=1S/C25H34N4O6S/c1-15(2)12-20(29-25(32)21-14-18-19(28-21)6-5-7-22(18)35-3)24(31)27-17(9-11-36(4,33)34)13-16-8-10-26-23(16)30/h5-7,9,11,14-17,20,28H,8,10,12-13H2,1-4H3,(H,26,30)(H,27,31)(H,29,32)/b11-9+/t16?,17-,20+/m1/s1. The molecule has 1 fully saturated rings. The lowest BCUT2D eigenvalue weighted by molar-refractivity contribution is -0.125. The van der Waals surface area contributed by atoms with E-state index in [4.69, 9.17) is 4.74 Å². The molecule has 2 heterocycles. The zero-order valence-electron chi connectivity index (χ0n) is 21.0. The summed E-state index contributed by atoms with van der Waals surface area (Å²) in [6.45, 7) is 4.41. The molecule has 1 unspecified atom stereocenters. The van der Waals surface area contributed by atoms with Crippen LogP contribution in [-0.2, 0) is 19.4 Å². The van der Waals surface area contributed by atoms with Crippen LogP contribution in [0.15, 0.2) is 35.7 Å². The van der Waals surface area contributed by atoms with Crippen LogP contribution in [0.25, 0.3) is 10.9 Å². The number of carbonyl (C=O) groups excluding carboxylic acids is 3. The summed E-state index contributed by atoms with van der Waals surface area (Å²) < 4.78 is 28.7. The van der Waals surface area contributed by atoms with Crippen molar-refractivity contribution in [2.24, 2.45) is 11.8 Å². The van der Waals surface area contributed by atoms with Crippen LogP contribution in [0.4, 0.5) is 0 Å². The lowest BCUT2D eigenvalue weighted by Crippen LogP contribution is -2.50. The second-order valence-corrected chi connectivity index (χ2v) is 11.5. The largest absolute Gasteiger partial charge is 0.496 e. The molecule has 1 aromatic carbocycles. The fraction of sp³-hybridized carbons (Fsp3) is 0.480. The van der Waals surface area contributed by atoms with Crippen LogP contribution in [0.2, 0.25) is 0 Å². The van der Waals surface area contributed by atoms with E-state index in [0.717, 1.165) is 22.6 Å². The van der Waals surface area contributed by atoms with E-state index in [9.17, 15) is 22.8 Å². The molecule has 0 radical (unpaired) electrons. The van der Waals surface area contributed by atoms with Crippen molar-refractivity contribution in [2.75, 3.05) is 19.9 Å².